The van der Waals surface area contributed by atoms with Crippen molar-refractivity contribution in [2.45, 2.75) is 13.0 Å². The minimum atomic E-state index is -0.632. The second-order valence-corrected chi connectivity index (χ2v) is 8.51. The number of allylic oxidation sites excluding steroid dienone is 2. The van der Waals surface area contributed by atoms with E-state index in [9.17, 15) is 9.59 Å². The van der Waals surface area contributed by atoms with Crippen molar-refractivity contribution in [1.82, 2.24) is 4.57 Å². The highest BCUT2D eigenvalue weighted by Crippen LogP contribution is 2.32. The molecule has 0 amide bonds. The van der Waals surface area contributed by atoms with E-state index in [1.54, 1.807) is 17.6 Å². The van der Waals surface area contributed by atoms with Gasteiger partial charge in [-0.2, -0.15) is 0 Å². The Bertz CT molecular complexity index is 1480. The molecule has 2 aliphatic heterocycles. The van der Waals surface area contributed by atoms with Gasteiger partial charge in [0.1, 0.15) is 0 Å². The molecule has 0 saturated heterocycles. The standard InChI is InChI=1S/C25H20N2O5S/c1-15-22(24(29)30-2)18(10-8-16-6-4-3-5-7-16)27-23(28)21(33-25(27)26-15)13-17-9-11-19-20(12-17)32-14-31-19/h3-13,18H,14H2,1-2H3/b10-8+,21-13+/t18-/m0/s1. The van der Waals surface area contributed by atoms with Crippen molar-refractivity contribution in [2.75, 3.05) is 13.9 Å². The number of carbonyl (C=O) groups excluding carboxylic acids is 1. The van der Waals surface area contributed by atoms with E-state index in [1.165, 1.54) is 18.4 Å². The lowest BCUT2D eigenvalue weighted by atomic mass is 10.0. The second-order valence-electron chi connectivity index (χ2n) is 7.50. The first-order chi connectivity index (χ1) is 16.0. The molecule has 7 nitrogen and oxygen atoms in total. The van der Waals surface area contributed by atoms with Gasteiger partial charge in [0, 0.05) is 0 Å². The Morgan fingerprint density at radius 1 is 1.15 bits per heavy atom. The predicted octanol–water partition coefficient (Wildman–Crippen LogP) is 2.80. The number of esters is 1. The molecule has 0 unspecified atom stereocenters. The number of thiazole rings is 1. The summed E-state index contributed by atoms with van der Waals surface area (Å²) in [6.45, 7) is 1.94. The fraction of sp³-hybridized carbons (Fsp3) is 0.160. The Balaban J connectivity index is 1.64. The van der Waals surface area contributed by atoms with Crippen LogP contribution in [0.15, 0.2) is 75.7 Å². The van der Waals surface area contributed by atoms with Gasteiger partial charge in [-0.25, -0.2) is 9.79 Å². The maximum absolute atomic E-state index is 13.5. The minimum Gasteiger partial charge on any atom is -0.466 e. The van der Waals surface area contributed by atoms with Gasteiger partial charge < -0.3 is 14.2 Å². The van der Waals surface area contributed by atoms with Crippen LogP contribution in [0.2, 0.25) is 0 Å². The first-order valence-corrected chi connectivity index (χ1v) is 11.1. The van der Waals surface area contributed by atoms with E-state index in [2.05, 4.69) is 4.99 Å². The molecule has 0 saturated carbocycles. The van der Waals surface area contributed by atoms with E-state index in [0.29, 0.717) is 32.1 Å². The van der Waals surface area contributed by atoms with E-state index >= 15 is 0 Å². The van der Waals surface area contributed by atoms with Gasteiger partial charge in [-0.1, -0.05) is 59.9 Å². The molecular weight excluding hydrogens is 440 g/mol. The Hall–Kier alpha value is -3.91. The molecule has 1 aromatic heterocycles. The van der Waals surface area contributed by atoms with Crippen LogP contribution in [0.3, 0.4) is 0 Å². The molecule has 2 aromatic carbocycles. The van der Waals surface area contributed by atoms with E-state index in [4.69, 9.17) is 14.2 Å². The lowest BCUT2D eigenvalue weighted by Gasteiger charge is -2.21. The molecule has 1 atom stereocenters. The number of nitrogens with zero attached hydrogens (tertiary/aromatic N) is 2. The maximum atomic E-state index is 13.5. The molecule has 2 aliphatic rings. The predicted molar refractivity (Wildman–Crippen MR) is 125 cm³/mol. The summed E-state index contributed by atoms with van der Waals surface area (Å²) in [5, 5.41) is 0. The first kappa shape index (κ1) is 21.0. The van der Waals surface area contributed by atoms with Crippen molar-refractivity contribution >= 4 is 29.5 Å². The average Bonchev–Trinajstić information content (AvgIpc) is 3.41. The summed E-state index contributed by atoms with van der Waals surface area (Å²) in [7, 11) is 1.32. The van der Waals surface area contributed by atoms with E-state index in [0.717, 1.165) is 11.1 Å². The molecule has 3 aromatic rings. The zero-order valence-electron chi connectivity index (χ0n) is 18.0. The van der Waals surface area contributed by atoms with Gasteiger partial charge in [-0.15, -0.1) is 0 Å². The Kier molecular flexibility index (Phi) is 5.43. The summed E-state index contributed by atoms with van der Waals surface area (Å²) < 4.78 is 17.8. The third-order valence-electron chi connectivity index (χ3n) is 5.43. The van der Waals surface area contributed by atoms with Crippen molar-refractivity contribution in [1.29, 1.82) is 0 Å². The van der Waals surface area contributed by atoms with Crippen LogP contribution in [-0.2, 0) is 9.53 Å². The van der Waals surface area contributed by atoms with Crippen LogP contribution < -0.4 is 24.4 Å². The number of hydrogen-bond acceptors (Lipinski definition) is 7. The molecule has 0 fully saturated rings. The van der Waals surface area contributed by atoms with Crippen LogP contribution in [0.4, 0.5) is 0 Å². The summed E-state index contributed by atoms with van der Waals surface area (Å²) in [5.41, 5.74) is 2.41. The summed E-state index contributed by atoms with van der Waals surface area (Å²) >= 11 is 1.28. The average molecular weight is 461 g/mol. The van der Waals surface area contributed by atoms with Gasteiger partial charge in [-0.05, 0) is 36.3 Å². The van der Waals surface area contributed by atoms with Crippen LogP contribution in [0.5, 0.6) is 11.5 Å². The lowest BCUT2D eigenvalue weighted by Crippen LogP contribution is -2.38. The highest BCUT2D eigenvalue weighted by molar-refractivity contribution is 7.07. The number of aromatic nitrogens is 1. The topological polar surface area (TPSA) is 79.1 Å². The zero-order chi connectivity index (χ0) is 22.9. The molecule has 0 aliphatic carbocycles. The molecular formula is C25H20N2O5S. The van der Waals surface area contributed by atoms with Crippen LogP contribution in [0.25, 0.3) is 12.2 Å². The fourth-order valence-electron chi connectivity index (χ4n) is 3.84. The zero-order valence-corrected chi connectivity index (χ0v) is 18.8. The van der Waals surface area contributed by atoms with Crippen molar-refractivity contribution in [2.24, 2.45) is 4.99 Å². The van der Waals surface area contributed by atoms with Gasteiger partial charge in [0.05, 0.1) is 29.0 Å². The fourth-order valence-corrected chi connectivity index (χ4v) is 4.89. The number of rotatable bonds is 4. The van der Waals surface area contributed by atoms with Gasteiger partial charge >= 0.3 is 5.97 Å². The van der Waals surface area contributed by atoms with Crippen LogP contribution >= 0.6 is 11.3 Å². The molecule has 0 bridgehead atoms. The van der Waals surface area contributed by atoms with Gasteiger partial charge in [0.2, 0.25) is 6.79 Å². The van der Waals surface area contributed by atoms with E-state index in [-0.39, 0.29) is 12.4 Å². The highest BCUT2D eigenvalue weighted by Gasteiger charge is 2.30. The number of benzene rings is 2. The Morgan fingerprint density at radius 3 is 2.73 bits per heavy atom. The molecule has 0 spiro atoms. The number of ether oxygens (including phenoxy) is 3. The molecule has 3 heterocycles. The molecule has 33 heavy (non-hydrogen) atoms. The summed E-state index contributed by atoms with van der Waals surface area (Å²) in [4.78, 5) is 31.1. The number of methoxy groups -OCH3 is 1. The highest BCUT2D eigenvalue weighted by atomic mass is 32.1. The van der Waals surface area contributed by atoms with Gasteiger partial charge in [-0.3, -0.25) is 9.36 Å². The Morgan fingerprint density at radius 2 is 1.94 bits per heavy atom. The number of carbonyl (C=O) groups is 1. The lowest BCUT2D eigenvalue weighted by molar-refractivity contribution is -0.136. The third kappa shape index (κ3) is 3.89. The smallest absolute Gasteiger partial charge is 0.338 e. The number of hydrogen-bond donors (Lipinski definition) is 0. The summed E-state index contributed by atoms with van der Waals surface area (Å²) in [5.74, 6) is 0.811. The first-order valence-electron chi connectivity index (χ1n) is 10.3. The van der Waals surface area contributed by atoms with E-state index < -0.39 is 12.0 Å². The van der Waals surface area contributed by atoms with E-state index in [1.807, 2.05) is 60.7 Å². The molecule has 5 rings (SSSR count). The molecule has 0 N–H and O–H groups in total. The van der Waals surface area contributed by atoms with Crippen molar-refractivity contribution in [3.8, 4) is 11.5 Å². The van der Waals surface area contributed by atoms with Crippen molar-refractivity contribution < 1.29 is 19.0 Å². The summed E-state index contributed by atoms with van der Waals surface area (Å²) in [6, 6.07) is 14.6. The second kappa shape index (κ2) is 8.55. The summed E-state index contributed by atoms with van der Waals surface area (Å²) in [6.07, 6.45) is 5.52. The SMILES string of the molecule is COC(=O)C1=C(C)N=c2s/c(=C/c3ccc4c(c3)OCO4)c(=O)n2[C@H]1/C=C/c1ccccc1. The number of fused-ring (bicyclic) bond motifs is 2. The monoisotopic (exact) mass is 460 g/mol. The van der Waals surface area contributed by atoms with Crippen LogP contribution in [0.1, 0.15) is 24.1 Å². The van der Waals surface area contributed by atoms with Crippen LogP contribution in [-0.4, -0.2) is 24.4 Å². The maximum Gasteiger partial charge on any atom is 0.338 e. The quantitative estimate of drug-likeness (QED) is 0.560. The Labute approximate surface area is 193 Å². The molecule has 0 radical (unpaired) electrons. The molecule has 8 heteroatoms. The van der Waals surface area contributed by atoms with Crippen molar-refractivity contribution in [3.05, 3.63) is 96.7 Å². The molecule has 166 valence electrons. The minimum absolute atomic E-state index is 0.185. The van der Waals surface area contributed by atoms with Gasteiger partial charge in [0.15, 0.2) is 16.3 Å². The van der Waals surface area contributed by atoms with Gasteiger partial charge in [0.25, 0.3) is 5.56 Å². The van der Waals surface area contributed by atoms with Crippen LogP contribution in [0, 0.1) is 0 Å². The third-order valence-corrected chi connectivity index (χ3v) is 6.42. The largest absolute Gasteiger partial charge is 0.466 e. The normalized spacial score (nSPS) is 17.3. The van der Waals surface area contributed by atoms with Crippen molar-refractivity contribution in [3.63, 3.8) is 0 Å².